The number of hydrogen-bond donors (Lipinski definition) is 1. The molecule has 0 aliphatic carbocycles. The lowest BCUT2D eigenvalue weighted by molar-refractivity contribution is 0.0991. The van der Waals surface area contributed by atoms with Gasteiger partial charge in [0.1, 0.15) is 10.9 Å². The summed E-state index contributed by atoms with van der Waals surface area (Å²) in [6.07, 6.45) is 0. The number of halogens is 3. The quantitative estimate of drug-likeness (QED) is 0.750. The number of benzene rings is 2. The van der Waals surface area contributed by atoms with Crippen LogP contribution in [0.1, 0.15) is 10.4 Å². The predicted molar refractivity (Wildman–Crippen MR) is 88.4 cm³/mol. The van der Waals surface area contributed by atoms with E-state index >= 15 is 0 Å². The van der Waals surface area contributed by atoms with E-state index in [-0.39, 0.29) is 31.2 Å². The summed E-state index contributed by atoms with van der Waals surface area (Å²) in [6.45, 7) is 0. The lowest BCUT2D eigenvalue weighted by atomic mass is 10.1. The molecular formula is C14H8Cl3NO4S. The van der Waals surface area contributed by atoms with Gasteiger partial charge in [0.25, 0.3) is 5.91 Å². The molecule has 120 valence electrons. The second-order valence-corrected chi connectivity index (χ2v) is 7.92. The number of rotatable bonds is 1. The summed E-state index contributed by atoms with van der Waals surface area (Å²) in [5.74, 6) is -1.62. The predicted octanol–water partition coefficient (Wildman–Crippen LogP) is 3.74. The van der Waals surface area contributed by atoms with Gasteiger partial charge in [-0.3, -0.25) is 9.69 Å². The number of amides is 1. The summed E-state index contributed by atoms with van der Waals surface area (Å²) in [4.78, 5) is 13.9. The number of anilines is 1. The minimum absolute atomic E-state index is 0.0699. The first kappa shape index (κ1) is 16.4. The molecule has 0 saturated heterocycles. The van der Waals surface area contributed by atoms with E-state index in [2.05, 4.69) is 0 Å². The Morgan fingerprint density at radius 1 is 1.13 bits per heavy atom. The smallest absolute Gasteiger partial charge is 0.260 e. The van der Waals surface area contributed by atoms with E-state index < -0.39 is 27.4 Å². The van der Waals surface area contributed by atoms with Crippen LogP contribution in [0.3, 0.4) is 0 Å². The SMILES string of the molecule is O=C(c1cc(Cl)c(O)c(Cl)c1Cl)N1CS(=O)(=O)c2ccccc21. The zero-order valence-corrected chi connectivity index (χ0v) is 14.3. The molecule has 1 N–H and O–H groups in total. The average Bonchev–Trinajstić information content (AvgIpc) is 2.80. The fraction of sp³-hybridized carbons (Fsp3) is 0.0714. The molecule has 1 aliphatic heterocycles. The molecule has 0 atom stereocenters. The van der Waals surface area contributed by atoms with Gasteiger partial charge in [-0.15, -0.1) is 0 Å². The molecule has 0 spiro atoms. The molecule has 23 heavy (non-hydrogen) atoms. The molecule has 2 aromatic carbocycles. The number of aromatic hydroxyl groups is 1. The molecule has 9 heteroatoms. The number of fused-ring (bicyclic) bond motifs is 1. The van der Waals surface area contributed by atoms with E-state index in [0.717, 1.165) is 11.0 Å². The number of para-hydroxylation sites is 1. The lowest BCUT2D eigenvalue weighted by Gasteiger charge is -2.17. The van der Waals surface area contributed by atoms with Gasteiger partial charge in [0, 0.05) is 0 Å². The van der Waals surface area contributed by atoms with Crippen molar-refractivity contribution in [1.29, 1.82) is 0 Å². The number of phenolic OH excluding ortho intramolecular Hbond substituents is 1. The molecule has 1 amide bonds. The Balaban J connectivity index is 2.14. The second kappa shape index (κ2) is 5.56. The van der Waals surface area contributed by atoms with Crippen molar-refractivity contribution < 1.29 is 18.3 Å². The van der Waals surface area contributed by atoms with Gasteiger partial charge >= 0.3 is 0 Å². The van der Waals surface area contributed by atoms with Crippen molar-refractivity contribution in [3.63, 3.8) is 0 Å². The second-order valence-electron chi connectivity index (χ2n) is 4.83. The van der Waals surface area contributed by atoms with Gasteiger partial charge in [-0.2, -0.15) is 0 Å². The van der Waals surface area contributed by atoms with E-state index in [4.69, 9.17) is 34.8 Å². The largest absolute Gasteiger partial charge is 0.505 e. The highest BCUT2D eigenvalue weighted by Crippen LogP contribution is 2.41. The summed E-state index contributed by atoms with van der Waals surface area (Å²) in [7, 11) is -3.60. The number of hydrogen-bond acceptors (Lipinski definition) is 4. The first-order valence-corrected chi connectivity index (χ1v) is 9.03. The first-order chi connectivity index (χ1) is 10.7. The fourth-order valence-corrected chi connectivity index (χ4v) is 4.51. The van der Waals surface area contributed by atoms with Gasteiger partial charge < -0.3 is 5.11 Å². The molecular weight excluding hydrogens is 385 g/mol. The van der Waals surface area contributed by atoms with Crippen LogP contribution in [0.2, 0.25) is 15.1 Å². The summed E-state index contributed by atoms with van der Waals surface area (Å²) in [5, 5.41) is 9.02. The topological polar surface area (TPSA) is 74.7 Å². The van der Waals surface area contributed by atoms with Crippen LogP contribution < -0.4 is 4.90 Å². The van der Waals surface area contributed by atoms with E-state index in [1.165, 1.54) is 12.1 Å². The summed E-state index contributed by atoms with van der Waals surface area (Å²) >= 11 is 17.7. The van der Waals surface area contributed by atoms with E-state index in [1.54, 1.807) is 12.1 Å². The normalized spacial score (nSPS) is 15.5. The van der Waals surface area contributed by atoms with E-state index in [1.807, 2.05) is 0 Å². The molecule has 2 aromatic rings. The van der Waals surface area contributed by atoms with Gasteiger partial charge in [0.05, 0.1) is 26.2 Å². The summed E-state index contributed by atoms with van der Waals surface area (Å²) in [5.41, 5.74) is 0.167. The van der Waals surface area contributed by atoms with E-state index in [9.17, 15) is 18.3 Å². The van der Waals surface area contributed by atoms with Crippen LogP contribution in [-0.2, 0) is 9.84 Å². The van der Waals surface area contributed by atoms with Crippen molar-refractivity contribution in [3.05, 3.63) is 51.0 Å². The third-order valence-corrected chi connectivity index (χ3v) is 6.16. The highest BCUT2D eigenvalue weighted by molar-refractivity contribution is 7.92. The Morgan fingerprint density at radius 3 is 2.48 bits per heavy atom. The lowest BCUT2D eigenvalue weighted by Crippen LogP contribution is -2.30. The maximum absolute atomic E-state index is 12.7. The number of sulfone groups is 1. The van der Waals surface area contributed by atoms with E-state index in [0.29, 0.717) is 0 Å². The van der Waals surface area contributed by atoms with Crippen LogP contribution in [0.4, 0.5) is 5.69 Å². The van der Waals surface area contributed by atoms with Crippen molar-refractivity contribution in [2.75, 3.05) is 10.8 Å². The molecule has 1 heterocycles. The van der Waals surface area contributed by atoms with Crippen molar-refractivity contribution in [3.8, 4) is 5.75 Å². The molecule has 0 radical (unpaired) electrons. The minimum atomic E-state index is -3.60. The minimum Gasteiger partial charge on any atom is -0.505 e. The summed E-state index contributed by atoms with van der Waals surface area (Å²) < 4.78 is 24.3. The van der Waals surface area contributed by atoms with Crippen LogP contribution in [0.5, 0.6) is 5.75 Å². The maximum atomic E-state index is 12.7. The maximum Gasteiger partial charge on any atom is 0.260 e. The van der Waals surface area contributed by atoms with Gasteiger partial charge in [-0.1, -0.05) is 46.9 Å². The standard InChI is InChI=1S/C14H8Cl3NO4S/c15-8-5-7(11(16)12(17)13(8)19)14(20)18-6-23(21,22)10-4-2-1-3-9(10)18/h1-5,19H,6H2. The Labute approximate surface area is 146 Å². The zero-order valence-electron chi connectivity index (χ0n) is 11.3. The Kier molecular flexibility index (Phi) is 3.96. The number of carbonyl (C=O) groups is 1. The monoisotopic (exact) mass is 391 g/mol. The van der Waals surface area contributed by atoms with Crippen molar-refractivity contribution in [2.45, 2.75) is 4.90 Å². The number of nitrogens with zero attached hydrogens (tertiary/aromatic N) is 1. The van der Waals surface area contributed by atoms with Crippen LogP contribution in [0.25, 0.3) is 0 Å². The molecule has 1 aliphatic rings. The third-order valence-electron chi connectivity index (χ3n) is 3.40. The average molecular weight is 393 g/mol. The molecule has 0 bridgehead atoms. The van der Waals surface area contributed by atoms with Crippen LogP contribution >= 0.6 is 34.8 Å². The van der Waals surface area contributed by atoms with Crippen LogP contribution in [0.15, 0.2) is 35.2 Å². The van der Waals surface area contributed by atoms with Crippen molar-refractivity contribution >= 4 is 56.2 Å². The fourth-order valence-electron chi connectivity index (χ4n) is 2.31. The molecule has 0 fully saturated rings. The number of carbonyl (C=O) groups excluding carboxylic acids is 1. The Bertz CT molecular complexity index is 943. The third kappa shape index (κ3) is 2.55. The molecule has 0 aromatic heterocycles. The van der Waals surface area contributed by atoms with Crippen molar-refractivity contribution in [1.82, 2.24) is 0 Å². The van der Waals surface area contributed by atoms with Gasteiger partial charge in [-0.05, 0) is 18.2 Å². The Morgan fingerprint density at radius 2 is 1.78 bits per heavy atom. The highest BCUT2D eigenvalue weighted by atomic mass is 35.5. The molecule has 0 saturated carbocycles. The molecule has 5 nitrogen and oxygen atoms in total. The zero-order chi connectivity index (χ0) is 16.9. The number of phenols is 1. The van der Waals surface area contributed by atoms with Gasteiger partial charge in [0.15, 0.2) is 15.6 Å². The Hall–Kier alpha value is -1.47. The summed E-state index contributed by atoms with van der Waals surface area (Å²) in [6, 6.07) is 7.30. The molecule has 3 rings (SSSR count). The van der Waals surface area contributed by atoms with Gasteiger partial charge in [0.2, 0.25) is 0 Å². The van der Waals surface area contributed by atoms with Crippen LogP contribution in [0, 0.1) is 0 Å². The van der Waals surface area contributed by atoms with Crippen LogP contribution in [-0.4, -0.2) is 25.3 Å². The molecule has 0 unspecified atom stereocenters. The van der Waals surface area contributed by atoms with Gasteiger partial charge in [-0.25, -0.2) is 8.42 Å². The van der Waals surface area contributed by atoms with Crippen molar-refractivity contribution in [2.24, 2.45) is 0 Å². The first-order valence-electron chi connectivity index (χ1n) is 6.24. The highest BCUT2D eigenvalue weighted by Gasteiger charge is 2.37.